The van der Waals surface area contributed by atoms with E-state index in [0.717, 1.165) is 31.9 Å². The fourth-order valence-electron chi connectivity index (χ4n) is 2.25. The van der Waals surface area contributed by atoms with Crippen LogP contribution in [0.4, 0.5) is 19.9 Å². The lowest BCUT2D eigenvalue weighted by Crippen LogP contribution is -2.07. The monoisotopic (exact) mass is 378 g/mol. The zero-order chi connectivity index (χ0) is 17.1. The molecule has 0 radical (unpaired) electrons. The van der Waals surface area contributed by atoms with Crippen molar-refractivity contribution in [2.75, 3.05) is 5.32 Å². The first-order chi connectivity index (χ1) is 10.9. The van der Waals surface area contributed by atoms with Crippen molar-refractivity contribution in [2.24, 2.45) is 0 Å². The molecule has 1 aromatic carbocycles. The lowest BCUT2D eigenvalue weighted by Gasteiger charge is -2.20. The first kappa shape index (κ1) is 18.4. The number of hydrogen-bond donors (Lipinski definition) is 1. The Bertz CT molecular complexity index is 662. The molecule has 126 valence electrons. The molecular weight excluding hydrogens is 362 g/mol. The van der Waals surface area contributed by atoms with Crippen molar-refractivity contribution in [1.29, 1.82) is 0 Å². The van der Waals surface area contributed by atoms with Gasteiger partial charge in [-0.1, -0.05) is 27.7 Å². The van der Waals surface area contributed by atoms with Crippen molar-refractivity contribution in [3.8, 4) is 0 Å². The summed E-state index contributed by atoms with van der Waals surface area (Å²) in [6.45, 7) is 7.88. The highest BCUT2D eigenvalue weighted by molar-refractivity contribution is 8.21. The fourth-order valence-corrected chi connectivity index (χ4v) is 3.00. The predicted octanol–water partition coefficient (Wildman–Crippen LogP) is 6.03. The van der Waals surface area contributed by atoms with E-state index in [1.54, 1.807) is 0 Å². The van der Waals surface area contributed by atoms with Crippen molar-refractivity contribution >= 4 is 45.6 Å². The number of hydrogen-bond acceptors (Lipinski definition) is 5. The van der Waals surface area contributed by atoms with Crippen molar-refractivity contribution in [3.63, 3.8) is 0 Å². The molecule has 0 aliphatic carbocycles. The largest absolute Gasteiger partial charge is 0.323 e. The van der Waals surface area contributed by atoms with Crippen LogP contribution in [-0.2, 0) is 0 Å². The summed E-state index contributed by atoms with van der Waals surface area (Å²) in [6, 6.07) is 2.97. The highest BCUT2D eigenvalue weighted by Gasteiger charge is 2.19. The van der Waals surface area contributed by atoms with Gasteiger partial charge in [-0.2, -0.15) is 4.98 Å². The molecule has 0 saturated heterocycles. The van der Waals surface area contributed by atoms with E-state index in [4.69, 9.17) is 10.7 Å². The highest BCUT2D eigenvalue weighted by Crippen LogP contribution is 2.36. The Morgan fingerprint density at radius 1 is 1.17 bits per heavy atom. The molecule has 2 rings (SSSR count). The van der Waals surface area contributed by atoms with Crippen LogP contribution in [0.1, 0.15) is 50.7 Å². The molecule has 9 heteroatoms. The molecule has 23 heavy (non-hydrogen) atoms. The molecule has 0 aliphatic rings. The first-order valence-electron chi connectivity index (χ1n) is 7.02. The maximum atomic E-state index is 13.9. The summed E-state index contributed by atoms with van der Waals surface area (Å²) in [4.78, 5) is 4.14. The topological polar surface area (TPSA) is 42.7 Å². The molecule has 0 aliphatic heterocycles. The van der Waals surface area contributed by atoms with Crippen LogP contribution in [0.5, 0.6) is 0 Å². The zero-order valence-electron chi connectivity index (χ0n) is 13.1. The van der Waals surface area contributed by atoms with Gasteiger partial charge in [0.05, 0.1) is 0 Å². The second-order valence-electron chi connectivity index (χ2n) is 5.63. The number of nitrogens with zero attached hydrogens (tertiary/aromatic N) is 3. The van der Waals surface area contributed by atoms with Gasteiger partial charge in [-0.3, -0.25) is 0 Å². The van der Waals surface area contributed by atoms with Gasteiger partial charge in [-0.15, -0.1) is 13.1 Å². The molecule has 4 nitrogen and oxygen atoms in total. The van der Waals surface area contributed by atoms with Crippen molar-refractivity contribution in [3.05, 3.63) is 29.1 Å². The average molecular weight is 379 g/mol. The van der Waals surface area contributed by atoms with E-state index in [9.17, 15) is 8.28 Å². The summed E-state index contributed by atoms with van der Waals surface area (Å²) in [5.41, 5.74) is 2.32. The van der Waals surface area contributed by atoms with Gasteiger partial charge in [0, 0.05) is 16.7 Å². The highest BCUT2D eigenvalue weighted by atomic mass is 35.7. The normalized spacial score (nSPS) is 11.5. The molecule has 1 N–H and O–H groups in total. The third kappa shape index (κ3) is 4.10. The van der Waals surface area contributed by atoms with Gasteiger partial charge in [0.25, 0.3) is 0 Å². The Balaban J connectivity index is 2.55. The Morgan fingerprint density at radius 2 is 1.74 bits per heavy atom. The van der Waals surface area contributed by atoms with Crippen LogP contribution in [0.3, 0.4) is 0 Å². The molecule has 1 aromatic heterocycles. The number of anilines is 2. The molecule has 0 atom stereocenters. The van der Waals surface area contributed by atoms with Crippen LogP contribution >= 0.6 is 34.0 Å². The molecule has 2 aromatic rings. The van der Waals surface area contributed by atoms with Crippen LogP contribution in [0, 0.1) is 5.82 Å². The number of aromatic nitrogens is 3. The lowest BCUT2D eigenvalue weighted by atomic mass is 9.92. The molecular formula is C14H17ClF2N4S2. The fraction of sp³-hybridized carbons (Fsp3) is 0.429. The van der Waals surface area contributed by atoms with Crippen molar-refractivity contribution in [2.45, 2.75) is 44.7 Å². The quantitative estimate of drug-likeness (QED) is 0.664. The van der Waals surface area contributed by atoms with E-state index in [0.29, 0.717) is 0 Å². The minimum Gasteiger partial charge on any atom is -0.323 e. The van der Waals surface area contributed by atoms with E-state index >= 15 is 0 Å². The minimum absolute atomic E-state index is 0.0830. The third-order valence-corrected chi connectivity index (χ3v) is 4.45. The van der Waals surface area contributed by atoms with Gasteiger partial charge in [-0.25, -0.2) is 4.39 Å². The van der Waals surface area contributed by atoms with Crippen molar-refractivity contribution in [1.82, 2.24) is 14.2 Å². The van der Waals surface area contributed by atoms with Gasteiger partial charge < -0.3 is 5.32 Å². The predicted molar refractivity (Wildman–Crippen MR) is 93.7 cm³/mol. The summed E-state index contributed by atoms with van der Waals surface area (Å²) in [6.07, 6.45) is 0. The summed E-state index contributed by atoms with van der Waals surface area (Å²) in [5.74, 6) is 0.0845. The maximum absolute atomic E-state index is 13.9. The van der Waals surface area contributed by atoms with E-state index in [2.05, 4.69) is 15.4 Å². The van der Waals surface area contributed by atoms with Crippen LogP contribution in [0.25, 0.3) is 0 Å². The van der Waals surface area contributed by atoms with Crippen LogP contribution in [0.2, 0.25) is 0 Å². The van der Waals surface area contributed by atoms with Gasteiger partial charge in [0.1, 0.15) is 5.82 Å². The van der Waals surface area contributed by atoms with Gasteiger partial charge in [-0.05, 0) is 45.8 Å². The van der Waals surface area contributed by atoms with E-state index in [1.807, 2.05) is 27.7 Å². The van der Waals surface area contributed by atoms with E-state index in [-0.39, 0.29) is 41.1 Å². The molecule has 0 spiro atoms. The van der Waals surface area contributed by atoms with Gasteiger partial charge >= 0.3 is 0 Å². The Labute approximate surface area is 147 Å². The lowest BCUT2D eigenvalue weighted by molar-refractivity contribution is 0.619. The number of halogens is 3. The van der Waals surface area contributed by atoms with Crippen molar-refractivity contribution < 1.29 is 8.28 Å². The minimum atomic E-state index is -0.290. The Hall–Kier alpha value is -0.990. The summed E-state index contributed by atoms with van der Waals surface area (Å²) >= 11 is -0.0830. The molecule has 1 heterocycles. The maximum Gasteiger partial charge on any atom is 0.239 e. The zero-order valence-corrected chi connectivity index (χ0v) is 15.5. The van der Waals surface area contributed by atoms with Crippen LogP contribution < -0.4 is 5.32 Å². The second-order valence-corrected chi connectivity index (χ2v) is 7.10. The summed E-state index contributed by atoms with van der Waals surface area (Å²) in [7, 11) is 6.43. The number of benzene rings is 1. The van der Waals surface area contributed by atoms with Crippen LogP contribution in [-0.4, -0.2) is 14.2 Å². The molecule has 0 fully saturated rings. The Kier molecular flexibility index (Phi) is 6.16. The number of nitrogens with one attached hydrogen (secondary N) is 1. The van der Waals surface area contributed by atoms with E-state index in [1.165, 1.54) is 12.1 Å². The third-order valence-electron chi connectivity index (χ3n) is 3.34. The SMILES string of the molecule is CC(C)c1cc(F)cc(C(C)C)c1Nc1nc(SCl)nn1SF. The molecule has 0 bridgehead atoms. The van der Waals surface area contributed by atoms with Gasteiger partial charge in [0.15, 0.2) is 12.3 Å². The van der Waals surface area contributed by atoms with Crippen LogP contribution in [0.15, 0.2) is 17.3 Å². The second kappa shape index (κ2) is 7.72. The standard InChI is InChI=1S/C14H17ClF2N4S2/c1-7(2)10-5-9(16)6-11(8(3)4)12(10)18-13-19-14(22-15)20-21(13)23-17/h5-8H,1-4H3,(H,18,19,20). The van der Waals surface area contributed by atoms with Gasteiger partial charge in [0.2, 0.25) is 11.1 Å². The molecule has 0 unspecified atom stereocenters. The molecule has 0 amide bonds. The average Bonchev–Trinajstić information content (AvgIpc) is 2.90. The van der Waals surface area contributed by atoms with E-state index < -0.39 is 0 Å². The Morgan fingerprint density at radius 3 is 2.17 bits per heavy atom. The summed E-state index contributed by atoms with van der Waals surface area (Å²) < 4.78 is 28.0. The smallest absolute Gasteiger partial charge is 0.239 e. The first-order valence-corrected chi connectivity index (χ1v) is 9.34. The molecule has 0 saturated carbocycles. The summed E-state index contributed by atoms with van der Waals surface area (Å²) in [5, 5.41) is 7.23. The number of rotatable bonds is 6.